The van der Waals surface area contributed by atoms with Crippen molar-refractivity contribution in [3.63, 3.8) is 0 Å². The summed E-state index contributed by atoms with van der Waals surface area (Å²) in [5, 5.41) is 4.02. The minimum Gasteiger partial charge on any atom is -0.598 e. The maximum atomic E-state index is 14.9. The lowest BCUT2D eigenvalue weighted by Crippen LogP contribution is -2.43. The summed E-state index contributed by atoms with van der Waals surface area (Å²) in [6, 6.07) is 8.78. The van der Waals surface area contributed by atoms with Crippen molar-refractivity contribution in [2.75, 3.05) is 33.0 Å². The van der Waals surface area contributed by atoms with Gasteiger partial charge >= 0.3 is 0 Å². The predicted octanol–water partition coefficient (Wildman–Crippen LogP) is 5.78. The molecule has 0 radical (unpaired) electrons. The zero-order valence-electron chi connectivity index (χ0n) is 26.1. The number of benzene rings is 1. The van der Waals surface area contributed by atoms with Gasteiger partial charge in [-0.05, 0) is 45.4 Å². The molecule has 3 heterocycles. The average molecular weight is 637 g/mol. The second-order valence-corrected chi connectivity index (χ2v) is 20.4. The van der Waals surface area contributed by atoms with Crippen molar-refractivity contribution in [3.05, 3.63) is 60.1 Å². The molecule has 1 aliphatic heterocycles. The first-order valence-corrected chi connectivity index (χ1v) is 19.6. The number of hydrogen-bond donors (Lipinski definition) is 1. The molecule has 43 heavy (non-hydrogen) atoms. The van der Waals surface area contributed by atoms with Gasteiger partial charge in [0.15, 0.2) is 0 Å². The van der Waals surface area contributed by atoms with Crippen LogP contribution in [0.4, 0.5) is 4.39 Å². The Labute approximate surface area is 257 Å². The monoisotopic (exact) mass is 636 g/mol. The molecule has 10 nitrogen and oxygen atoms in total. The zero-order valence-corrected chi connectivity index (χ0v) is 27.9. The van der Waals surface area contributed by atoms with Gasteiger partial charge in [0.2, 0.25) is 5.79 Å². The third-order valence-electron chi connectivity index (χ3n) is 7.03. The Balaban J connectivity index is 1.52. The number of nitrogens with zero attached hydrogens (tertiary/aromatic N) is 3. The summed E-state index contributed by atoms with van der Waals surface area (Å²) in [7, 11) is -1.31. The molecular weight excluding hydrogens is 592 g/mol. The van der Waals surface area contributed by atoms with E-state index >= 15 is 0 Å². The molecule has 0 amide bonds. The molecule has 1 fully saturated rings. The number of imidazole rings is 1. The summed E-state index contributed by atoms with van der Waals surface area (Å²) in [5.41, 5.74) is 1.60. The molecule has 3 aromatic rings. The lowest BCUT2D eigenvalue weighted by Gasteiger charge is -2.28. The van der Waals surface area contributed by atoms with Crippen LogP contribution in [-0.4, -0.2) is 65.1 Å². The average Bonchev–Trinajstić information content (AvgIpc) is 3.71. The van der Waals surface area contributed by atoms with Crippen LogP contribution in [0.15, 0.2) is 47.3 Å². The number of ether oxygens (including phenoxy) is 4. The van der Waals surface area contributed by atoms with Crippen molar-refractivity contribution >= 4 is 19.4 Å². The number of rotatable bonds is 16. The second-order valence-electron chi connectivity index (χ2n) is 12.8. The number of halogens is 1. The van der Waals surface area contributed by atoms with E-state index in [1.54, 1.807) is 30.5 Å². The highest BCUT2D eigenvalue weighted by atomic mass is 32.2. The third kappa shape index (κ3) is 9.21. The molecule has 1 N–H and O–H groups in total. The molecule has 0 spiro atoms. The summed E-state index contributed by atoms with van der Waals surface area (Å²) in [6.07, 6.45) is 4.29. The first-order valence-electron chi connectivity index (χ1n) is 14.7. The Morgan fingerprint density at radius 3 is 2.53 bits per heavy atom. The maximum absolute atomic E-state index is 14.9. The SMILES string of the molecule is CC(C)(C)[S+]([O-])NC(COCCCC1(c2ccon2)OCCO1)c1ncc(-c2ccccc2F)n1COCC[Si](C)(C)C. The van der Waals surface area contributed by atoms with E-state index in [2.05, 4.69) is 29.5 Å². The molecule has 1 aromatic carbocycles. The highest BCUT2D eigenvalue weighted by molar-refractivity contribution is 7.90. The van der Waals surface area contributed by atoms with Crippen LogP contribution in [0.3, 0.4) is 0 Å². The van der Waals surface area contributed by atoms with E-state index in [0.29, 0.717) is 62.0 Å². The Hall–Kier alpha value is -2.10. The van der Waals surface area contributed by atoms with E-state index in [0.717, 1.165) is 6.04 Å². The van der Waals surface area contributed by atoms with E-state index in [1.807, 2.05) is 25.3 Å². The molecule has 0 bridgehead atoms. The van der Waals surface area contributed by atoms with Gasteiger partial charge in [0.1, 0.15) is 41.1 Å². The molecule has 0 aliphatic carbocycles. The quantitative estimate of drug-likeness (QED) is 0.119. The number of hydrogen-bond acceptors (Lipinski definition) is 9. The van der Waals surface area contributed by atoms with Crippen molar-refractivity contribution in [1.82, 2.24) is 19.4 Å². The zero-order chi connectivity index (χ0) is 31.1. The minimum atomic E-state index is -1.42. The summed E-state index contributed by atoms with van der Waals surface area (Å²) in [4.78, 5) is 4.69. The van der Waals surface area contributed by atoms with Gasteiger partial charge in [0, 0.05) is 50.7 Å². The van der Waals surface area contributed by atoms with Crippen LogP contribution in [0.5, 0.6) is 0 Å². The molecular formula is C30H45FN4O6SSi. The van der Waals surface area contributed by atoms with E-state index in [-0.39, 0.29) is 19.2 Å². The van der Waals surface area contributed by atoms with Gasteiger partial charge in [0.25, 0.3) is 0 Å². The van der Waals surface area contributed by atoms with Crippen molar-refractivity contribution in [3.8, 4) is 11.3 Å². The summed E-state index contributed by atoms with van der Waals surface area (Å²) < 4.78 is 61.8. The van der Waals surface area contributed by atoms with Gasteiger partial charge in [0.05, 0.1) is 31.7 Å². The standard InChI is InChI=1S/C30H45FN4O6SSi/c1-29(2,3)42(36)34-25(21-37-14-9-13-30(39-16-17-40-30)27-12-15-41-33-27)28-32-20-26(23-10-7-8-11-24(23)31)35(28)22-38-18-19-43(4,5)6/h7-8,10-12,15,20,25,34H,9,13-14,16-19,21-22H2,1-6H3. The van der Waals surface area contributed by atoms with Crippen LogP contribution < -0.4 is 4.72 Å². The predicted molar refractivity (Wildman–Crippen MR) is 166 cm³/mol. The molecule has 13 heteroatoms. The Kier molecular flexibility index (Phi) is 11.6. The van der Waals surface area contributed by atoms with E-state index < -0.39 is 36.0 Å². The summed E-state index contributed by atoms with van der Waals surface area (Å²) in [5.74, 6) is -0.737. The van der Waals surface area contributed by atoms with Gasteiger partial charge in [-0.1, -0.05) is 36.9 Å². The van der Waals surface area contributed by atoms with Crippen molar-refractivity contribution in [1.29, 1.82) is 0 Å². The van der Waals surface area contributed by atoms with Gasteiger partial charge in [-0.2, -0.15) is 0 Å². The van der Waals surface area contributed by atoms with Crippen LogP contribution >= 0.6 is 0 Å². The van der Waals surface area contributed by atoms with Crippen molar-refractivity contribution < 1.29 is 32.4 Å². The second kappa shape index (κ2) is 14.8. The van der Waals surface area contributed by atoms with E-state index in [1.165, 1.54) is 12.3 Å². The molecule has 2 unspecified atom stereocenters. The van der Waals surface area contributed by atoms with Crippen LogP contribution in [-0.2, 0) is 42.8 Å². The van der Waals surface area contributed by atoms with E-state index in [9.17, 15) is 8.94 Å². The largest absolute Gasteiger partial charge is 0.598 e. The Bertz CT molecular complexity index is 1270. The first-order chi connectivity index (χ1) is 20.4. The lowest BCUT2D eigenvalue weighted by molar-refractivity contribution is -0.177. The van der Waals surface area contributed by atoms with Gasteiger partial charge < -0.3 is 32.6 Å². The molecule has 2 atom stereocenters. The van der Waals surface area contributed by atoms with Crippen molar-refractivity contribution in [2.24, 2.45) is 0 Å². The smallest absolute Gasteiger partial charge is 0.215 e. The van der Waals surface area contributed by atoms with Gasteiger partial charge in [-0.3, -0.25) is 0 Å². The Morgan fingerprint density at radius 2 is 1.88 bits per heavy atom. The topological polar surface area (TPSA) is 116 Å². The summed E-state index contributed by atoms with van der Waals surface area (Å²) >= 11 is -1.42. The number of aromatic nitrogens is 3. The van der Waals surface area contributed by atoms with Crippen LogP contribution in [0.2, 0.25) is 25.7 Å². The van der Waals surface area contributed by atoms with Crippen LogP contribution in [0.25, 0.3) is 11.3 Å². The maximum Gasteiger partial charge on any atom is 0.215 e. The highest BCUT2D eigenvalue weighted by Gasteiger charge is 2.40. The number of nitrogens with one attached hydrogen (secondary N) is 1. The lowest BCUT2D eigenvalue weighted by atomic mass is 10.1. The fourth-order valence-corrected chi connectivity index (χ4v) is 6.12. The fraction of sp³-hybridized carbons (Fsp3) is 0.600. The van der Waals surface area contributed by atoms with Crippen LogP contribution in [0.1, 0.15) is 51.2 Å². The molecule has 2 aromatic heterocycles. The first kappa shape index (κ1) is 33.8. The van der Waals surface area contributed by atoms with Crippen LogP contribution in [0, 0.1) is 5.82 Å². The fourth-order valence-electron chi connectivity index (χ4n) is 4.58. The third-order valence-corrected chi connectivity index (χ3v) is 10.3. The Morgan fingerprint density at radius 1 is 1.14 bits per heavy atom. The molecule has 238 valence electrons. The molecule has 1 aliphatic rings. The summed E-state index contributed by atoms with van der Waals surface area (Å²) in [6.45, 7) is 14.9. The van der Waals surface area contributed by atoms with Gasteiger partial charge in [-0.25, -0.2) is 9.37 Å². The van der Waals surface area contributed by atoms with E-state index in [4.69, 9.17) is 28.5 Å². The highest BCUT2D eigenvalue weighted by Crippen LogP contribution is 2.35. The molecule has 1 saturated heterocycles. The minimum absolute atomic E-state index is 0.179. The van der Waals surface area contributed by atoms with Gasteiger partial charge in [-0.15, -0.1) is 4.72 Å². The molecule has 0 saturated carbocycles. The normalized spacial score (nSPS) is 16.9. The molecule has 4 rings (SSSR count). The van der Waals surface area contributed by atoms with Crippen molar-refractivity contribution in [2.45, 2.75) is 82.6 Å².